The van der Waals surface area contributed by atoms with Crippen LogP contribution >= 0.6 is 0 Å². The second-order valence-electron chi connectivity index (χ2n) is 7.08. The Kier molecular flexibility index (Phi) is 7.14. The van der Waals surface area contributed by atoms with E-state index in [0.717, 1.165) is 48.1 Å². The first kappa shape index (κ1) is 20.0. The zero-order valence-electron chi connectivity index (χ0n) is 16.7. The van der Waals surface area contributed by atoms with Crippen molar-refractivity contribution in [2.24, 2.45) is 0 Å². The molecule has 3 rings (SSSR count). The van der Waals surface area contributed by atoms with Crippen molar-refractivity contribution in [3.8, 4) is 11.3 Å². The molecule has 3 aromatic rings. The molecule has 0 radical (unpaired) electrons. The number of unbranched alkanes of at least 4 members (excludes halogenated alkanes) is 2. The van der Waals surface area contributed by atoms with Crippen molar-refractivity contribution in [2.75, 3.05) is 25.0 Å². The van der Waals surface area contributed by atoms with Gasteiger partial charge in [0.25, 0.3) is 0 Å². The fourth-order valence-electron chi connectivity index (χ4n) is 3.35. The molecule has 2 N–H and O–H groups in total. The molecule has 0 aliphatic carbocycles. The van der Waals surface area contributed by atoms with Crippen molar-refractivity contribution in [1.29, 1.82) is 0 Å². The number of hydrogen-bond donors (Lipinski definition) is 2. The summed E-state index contributed by atoms with van der Waals surface area (Å²) in [6, 6.07) is 11.8. The van der Waals surface area contributed by atoms with Crippen LogP contribution in [0.3, 0.4) is 0 Å². The average molecular weight is 380 g/mol. The minimum absolute atomic E-state index is 0.0181. The summed E-state index contributed by atoms with van der Waals surface area (Å²) in [5, 5.41) is 11.4. The fourth-order valence-corrected chi connectivity index (χ4v) is 3.35. The Labute approximate surface area is 166 Å². The molecule has 0 atom stereocenters. The number of rotatable bonds is 10. The molecule has 28 heavy (non-hydrogen) atoms. The molecular formula is C22H29N5O. The molecule has 0 spiro atoms. The van der Waals surface area contributed by atoms with E-state index >= 15 is 0 Å². The Morgan fingerprint density at radius 2 is 1.93 bits per heavy atom. The lowest BCUT2D eigenvalue weighted by Gasteiger charge is -2.20. The van der Waals surface area contributed by atoms with Gasteiger partial charge in [0.05, 0.1) is 12.1 Å². The van der Waals surface area contributed by atoms with Crippen molar-refractivity contribution >= 4 is 22.6 Å². The zero-order chi connectivity index (χ0) is 19.8. The number of aromatic amines is 1. The number of H-pyrrole nitrogens is 1. The molecule has 0 aliphatic rings. The van der Waals surface area contributed by atoms with Gasteiger partial charge in [-0.2, -0.15) is 5.10 Å². The average Bonchev–Trinajstić information content (AvgIpc) is 3.13. The lowest BCUT2D eigenvalue weighted by Crippen LogP contribution is -2.34. The van der Waals surface area contributed by atoms with E-state index in [4.69, 9.17) is 0 Å². The molecule has 6 heteroatoms. The third kappa shape index (κ3) is 5.16. The number of hydrogen-bond acceptors (Lipinski definition) is 4. The molecule has 148 valence electrons. The van der Waals surface area contributed by atoms with Crippen molar-refractivity contribution in [1.82, 2.24) is 20.1 Å². The van der Waals surface area contributed by atoms with Gasteiger partial charge in [0.2, 0.25) is 5.91 Å². The molecule has 0 bridgehead atoms. The Bertz CT molecular complexity index is 887. The second-order valence-corrected chi connectivity index (χ2v) is 7.08. The topological polar surface area (TPSA) is 73.9 Å². The largest absolute Gasteiger partial charge is 0.310 e. The number of fused-ring (bicyclic) bond motifs is 1. The normalized spacial score (nSPS) is 11.2. The van der Waals surface area contributed by atoms with Gasteiger partial charge in [-0.05, 0) is 44.1 Å². The Hall–Kier alpha value is -2.73. The molecule has 0 fully saturated rings. The SMILES string of the molecule is CCCCCN(CCC)CC(=O)Nc1ccc(-c2n[nH]c3ccccc23)cn1. The van der Waals surface area contributed by atoms with Crippen molar-refractivity contribution in [3.63, 3.8) is 0 Å². The monoisotopic (exact) mass is 379 g/mol. The van der Waals surface area contributed by atoms with E-state index in [1.165, 1.54) is 12.8 Å². The number of anilines is 1. The van der Waals surface area contributed by atoms with Gasteiger partial charge in [-0.1, -0.05) is 44.9 Å². The number of carbonyl (C=O) groups excluding carboxylic acids is 1. The summed E-state index contributed by atoms with van der Waals surface area (Å²) in [6.07, 6.45) is 6.32. The quantitative estimate of drug-likeness (QED) is 0.510. The molecule has 2 heterocycles. The van der Waals surface area contributed by atoms with Crippen LogP contribution < -0.4 is 5.32 Å². The van der Waals surface area contributed by atoms with Gasteiger partial charge in [0, 0.05) is 17.1 Å². The summed E-state index contributed by atoms with van der Waals surface area (Å²) in [4.78, 5) is 19.0. The van der Waals surface area contributed by atoms with Gasteiger partial charge < -0.3 is 5.32 Å². The van der Waals surface area contributed by atoms with Gasteiger partial charge in [-0.3, -0.25) is 14.8 Å². The van der Waals surface area contributed by atoms with E-state index < -0.39 is 0 Å². The van der Waals surface area contributed by atoms with Crippen LogP contribution in [-0.2, 0) is 4.79 Å². The van der Waals surface area contributed by atoms with Crippen LogP contribution in [0.15, 0.2) is 42.6 Å². The molecule has 1 aromatic carbocycles. The predicted molar refractivity (Wildman–Crippen MR) is 114 cm³/mol. The number of carbonyl (C=O) groups is 1. The van der Waals surface area contributed by atoms with E-state index in [1.807, 2.05) is 36.4 Å². The van der Waals surface area contributed by atoms with Gasteiger partial charge in [0.15, 0.2) is 0 Å². The van der Waals surface area contributed by atoms with E-state index in [2.05, 4.69) is 39.2 Å². The Morgan fingerprint density at radius 1 is 1.07 bits per heavy atom. The minimum Gasteiger partial charge on any atom is -0.310 e. The Morgan fingerprint density at radius 3 is 2.68 bits per heavy atom. The summed E-state index contributed by atoms with van der Waals surface area (Å²) < 4.78 is 0. The maximum atomic E-state index is 12.4. The molecule has 2 aromatic heterocycles. The summed E-state index contributed by atoms with van der Waals surface area (Å²) in [5.74, 6) is 0.550. The molecule has 0 saturated carbocycles. The number of benzene rings is 1. The number of para-hydroxylation sites is 1. The number of nitrogens with one attached hydrogen (secondary N) is 2. The maximum absolute atomic E-state index is 12.4. The van der Waals surface area contributed by atoms with Crippen LogP contribution in [0, 0.1) is 0 Å². The van der Waals surface area contributed by atoms with Gasteiger partial charge >= 0.3 is 0 Å². The van der Waals surface area contributed by atoms with Crippen LogP contribution in [0.5, 0.6) is 0 Å². The van der Waals surface area contributed by atoms with Crippen molar-refractivity contribution < 1.29 is 4.79 Å². The number of pyridine rings is 1. The fraction of sp³-hybridized carbons (Fsp3) is 0.409. The highest BCUT2D eigenvalue weighted by Gasteiger charge is 2.12. The predicted octanol–water partition coefficient (Wildman–Crippen LogP) is 4.47. The number of amides is 1. The van der Waals surface area contributed by atoms with Crippen molar-refractivity contribution in [3.05, 3.63) is 42.6 Å². The summed E-state index contributed by atoms with van der Waals surface area (Å²) in [6.45, 7) is 6.65. The maximum Gasteiger partial charge on any atom is 0.239 e. The third-order valence-electron chi connectivity index (χ3n) is 4.76. The molecule has 6 nitrogen and oxygen atoms in total. The van der Waals surface area contributed by atoms with Gasteiger partial charge in [-0.25, -0.2) is 4.98 Å². The summed E-state index contributed by atoms with van der Waals surface area (Å²) in [7, 11) is 0. The first-order chi connectivity index (χ1) is 13.7. The lowest BCUT2D eigenvalue weighted by atomic mass is 10.1. The van der Waals surface area contributed by atoms with Crippen LogP contribution in [-0.4, -0.2) is 45.6 Å². The highest BCUT2D eigenvalue weighted by atomic mass is 16.2. The first-order valence-electron chi connectivity index (χ1n) is 10.1. The molecule has 0 saturated heterocycles. The zero-order valence-corrected chi connectivity index (χ0v) is 16.7. The summed E-state index contributed by atoms with van der Waals surface area (Å²) >= 11 is 0. The Balaban J connectivity index is 1.61. The smallest absolute Gasteiger partial charge is 0.239 e. The van der Waals surface area contributed by atoms with Crippen LogP contribution in [0.2, 0.25) is 0 Å². The standard InChI is InChI=1S/C22H29N5O/c1-3-5-8-14-27(13-4-2)16-21(28)24-20-12-11-17(15-23-20)22-18-9-6-7-10-19(18)25-26-22/h6-7,9-12,15H,3-5,8,13-14,16H2,1-2H3,(H,25,26)(H,23,24,28). The first-order valence-corrected chi connectivity index (χ1v) is 10.1. The van der Waals surface area contributed by atoms with Crippen LogP contribution in [0.4, 0.5) is 5.82 Å². The van der Waals surface area contributed by atoms with E-state index in [9.17, 15) is 4.79 Å². The van der Waals surface area contributed by atoms with Crippen LogP contribution in [0.1, 0.15) is 39.5 Å². The lowest BCUT2D eigenvalue weighted by molar-refractivity contribution is -0.117. The highest BCUT2D eigenvalue weighted by Crippen LogP contribution is 2.25. The molecule has 1 amide bonds. The second kappa shape index (κ2) is 9.99. The van der Waals surface area contributed by atoms with Crippen molar-refractivity contribution in [2.45, 2.75) is 39.5 Å². The van der Waals surface area contributed by atoms with Crippen LogP contribution in [0.25, 0.3) is 22.2 Å². The van der Waals surface area contributed by atoms with E-state index in [-0.39, 0.29) is 5.91 Å². The molecule has 0 aliphatic heterocycles. The number of aromatic nitrogens is 3. The third-order valence-corrected chi connectivity index (χ3v) is 4.76. The highest BCUT2D eigenvalue weighted by molar-refractivity contribution is 5.93. The number of nitrogens with zero attached hydrogens (tertiary/aromatic N) is 3. The molecular weight excluding hydrogens is 350 g/mol. The van der Waals surface area contributed by atoms with Gasteiger partial charge in [0.1, 0.15) is 11.5 Å². The molecule has 0 unspecified atom stereocenters. The summed E-state index contributed by atoms with van der Waals surface area (Å²) in [5.41, 5.74) is 2.78. The minimum atomic E-state index is -0.0181. The van der Waals surface area contributed by atoms with E-state index in [0.29, 0.717) is 12.4 Å². The van der Waals surface area contributed by atoms with E-state index in [1.54, 1.807) is 6.20 Å². The van der Waals surface area contributed by atoms with Gasteiger partial charge in [-0.15, -0.1) is 0 Å².